The molecule has 1 amide bonds. The maximum absolute atomic E-state index is 12.2. The first-order valence-corrected chi connectivity index (χ1v) is 10.4. The number of anilines is 1. The van der Waals surface area contributed by atoms with E-state index in [1.807, 2.05) is 37.4 Å². The van der Waals surface area contributed by atoms with Gasteiger partial charge >= 0.3 is 0 Å². The Morgan fingerprint density at radius 3 is 2.67 bits per heavy atom. The molecule has 0 aliphatic carbocycles. The van der Waals surface area contributed by atoms with Crippen LogP contribution in [-0.2, 0) is 24.2 Å². The first kappa shape index (κ1) is 20.0. The number of hydrogen-bond donors (Lipinski definition) is 1. The van der Waals surface area contributed by atoms with Crippen LogP contribution in [0.2, 0.25) is 0 Å². The van der Waals surface area contributed by atoms with Crippen molar-refractivity contribution in [1.29, 1.82) is 0 Å². The van der Waals surface area contributed by atoms with Gasteiger partial charge in [-0.2, -0.15) is 0 Å². The van der Waals surface area contributed by atoms with E-state index in [4.69, 9.17) is 0 Å². The number of aromatic nitrogens is 3. The van der Waals surface area contributed by atoms with Gasteiger partial charge in [-0.3, -0.25) is 9.78 Å². The fraction of sp³-hybridized carbons (Fsp3) is 0.333. The van der Waals surface area contributed by atoms with Crippen LogP contribution in [0.3, 0.4) is 0 Å². The molecule has 4 rings (SSSR count). The zero-order valence-electron chi connectivity index (χ0n) is 17.3. The fourth-order valence-corrected chi connectivity index (χ4v) is 3.89. The number of nitrogens with one attached hydrogen (secondary N) is 1. The molecular weight excluding hydrogens is 374 g/mol. The molecule has 1 unspecified atom stereocenters. The smallest absolute Gasteiger partial charge is 0.224 e. The Kier molecular flexibility index (Phi) is 6.32. The molecule has 30 heavy (non-hydrogen) atoms. The van der Waals surface area contributed by atoms with E-state index < -0.39 is 0 Å². The summed E-state index contributed by atoms with van der Waals surface area (Å²) in [6.45, 7) is 4.45. The van der Waals surface area contributed by atoms with Gasteiger partial charge in [-0.25, -0.2) is 9.97 Å². The standard InChI is InChI=1S/C24H27N5O/c1-18-25-12-9-23(28-18)29-13-10-21(17-29)14-19-5-7-20(8-6-19)15-24(30)27-16-22-4-2-3-11-26-22/h2-9,11-12,21H,10,13-17H2,1H3,(H,27,30). The van der Waals surface area contributed by atoms with Crippen molar-refractivity contribution < 1.29 is 4.79 Å². The van der Waals surface area contributed by atoms with E-state index in [9.17, 15) is 4.79 Å². The molecule has 1 aliphatic heterocycles. The van der Waals surface area contributed by atoms with Crippen LogP contribution in [0.15, 0.2) is 60.9 Å². The second-order valence-corrected chi connectivity index (χ2v) is 7.86. The molecule has 1 saturated heterocycles. The van der Waals surface area contributed by atoms with E-state index in [-0.39, 0.29) is 5.91 Å². The lowest BCUT2D eigenvalue weighted by molar-refractivity contribution is -0.120. The molecular formula is C24H27N5O. The third-order valence-corrected chi connectivity index (χ3v) is 5.48. The van der Waals surface area contributed by atoms with Gasteiger partial charge in [0.1, 0.15) is 11.6 Å². The van der Waals surface area contributed by atoms with Crippen molar-refractivity contribution in [1.82, 2.24) is 20.3 Å². The summed E-state index contributed by atoms with van der Waals surface area (Å²) in [6.07, 6.45) is 6.17. The molecule has 6 nitrogen and oxygen atoms in total. The third kappa shape index (κ3) is 5.41. The van der Waals surface area contributed by atoms with E-state index in [0.29, 0.717) is 18.9 Å². The van der Waals surface area contributed by atoms with E-state index in [2.05, 4.69) is 49.4 Å². The average Bonchev–Trinajstić information content (AvgIpc) is 3.23. The van der Waals surface area contributed by atoms with E-state index >= 15 is 0 Å². The minimum absolute atomic E-state index is 0.0139. The quantitative estimate of drug-likeness (QED) is 0.659. The molecule has 0 radical (unpaired) electrons. The molecule has 6 heteroatoms. The highest BCUT2D eigenvalue weighted by molar-refractivity contribution is 5.78. The Hall–Kier alpha value is -3.28. The summed E-state index contributed by atoms with van der Waals surface area (Å²) in [6, 6.07) is 16.1. The topological polar surface area (TPSA) is 71.0 Å². The minimum Gasteiger partial charge on any atom is -0.356 e. The highest BCUT2D eigenvalue weighted by Crippen LogP contribution is 2.25. The number of amides is 1. The van der Waals surface area contributed by atoms with Crippen LogP contribution in [0.4, 0.5) is 5.82 Å². The SMILES string of the molecule is Cc1nccc(N2CCC(Cc3ccc(CC(=O)NCc4ccccn4)cc3)C2)n1. The van der Waals surface area contributed by atoms with Crippen molar-refractivity contribution in [2.24, 2.45) is 5.92 Å². The fourth-order valence-electron chi connectivity index (χ4n) is 3.89. The van der Waals surface area contributed by atoms with Gasteiger partial charge in [0, 0.05) is 25.5 Å². The van der Waals surface area contributed by atoms with Crippen LogP contribution in [0, 0.1) is 12.8 Å². The normalized spacial score (nSPS) is 15.9. The Morgan fingerprint density at radius 2 is 1.90 bits per heavy atom. The number of nitrogens with zero attached hydrogens (tertiary/aromatic N) is 4. The van der Waals surface area contributed by atoms with Gasteiger partial charge in [0.2, 0.25) is 5.91 Å². The monoisotopic (exact) mass is 401 g/mol. The van der Waals surface area contributed by atoms with E-state index in [1.165, 1.54) is 12.0 Å². The number of carbonyl (C=O) groups excluding carboxylic acids is 1. The van der Waals surface area contributed by atoms with Gasteiger partial charge in [-0.15, -0.1) is 0 Å². The molecule has 1 aliphatic rings. The average molecular weight is 402 g/mol. The minimum atomic E-state index is 0.0139. The van der Waals surface area contributed by atoms with Crippen LogP contribution < -0.4 is 10.2 Å². The highest BCUT2D eigenvalue weighted by Gasteiger charge is 2.23. The lowest BCUT2D eigenvalue weighted by Crippen LogP contribution is -2.24. The summed E-state index contributed by atoms with van der Waals surface area (Å²) >= 11 is 0. The van der Waals surface area contributed by atoms with Gasteiger partial charge < -0.3 is 10.2 Å². The molecule has 0 bridgehead atoms. The molecule has 0 spiro atoms. The second kappa shape index (κ2) is 9.48. The largest absolute Gasteiger partial charge is 0.356 e. The lowest BCUT2D eigenvalue weighted by Gasteiger charge is -2.17. The predicted octanol–water partition coefficient (Wildman–Crippen LogP) is 3.11. The van der Waals surface area contributed by atoms with Crippen LogP contribution >= 0.6 is 0 Å². The number of hydrogen-bond acceptors (Lipinski definition) is 5. The number of carbonyl (C=O) groups is 1. The third-order valence-electron chi connectivity index (χ3n) is 5.48. The van der Waals surface area contributed by atoms with Gasteiger partial charge in [-0.1, -0.05) is 30.3 Å². The van der Waals surface area contributed by atoms with Crippen molar-refractivity contribution in [2.45, 2.75) is 32.7 Å². The molecule has 3 aromatic rings. The molecule has 1 atom stereocenters. The van der Waals surface area contributed by atoms with Gasteiger partial charge in [0.25, 0.3) is 0 Å². The summed E-state index contributed by atoms with van der Waals surface area (Å²) in [5.41, 5.74) is 3.21. The molecule has 1 N–H and O–H groups in total. The first-order valence-electron chi connectivity index (χ1n) is 10.4. The summed E-state index contributed by atoms with van der Waals surface area (Å²) in [4.78, 5) is 27.5. The zero-order chi connectivity index (χ0) is 20.8. The maximum atomic E-state index is 12.2. The summed E-state index contributed by atoms with van der Waals surface area (Å²) < 4.78 is 0. The molecule has 154 valence electrons. The van der Waals surface area contributed by atoms with Crippen molar-refractivity contribution in [3.8, 4) is 0 Å². The Labute approximate surface area is 177 Å². The molecule has 3 heterocycles. The van der Waals surface area contributed by atoms with Crippen LogP contribution in [0.25, 0.3) is 0 Å². The van der Waals surface area contributed by atoms with Crippen LogP contribution in [-0.4, -0.2) is 33.9 Å². The lowest BCUT2D eigenvalue weighted by atomic mass is 9.97. The molecule has 2 aromatic heterocycles. The van der Waals surface area contributed by atoms with Crippen molar-refractivity contribution >= 4 is 11.7 Å². The second-order valence-electron chi connectivity index (χ2n) is 7.86. The summed E-state index contributed by atoms with van der Waals surface area (Å²) in [5.74, 6) is 2.47. The highest BCUT2D eigenvalue weighted by atomic mass is 16.1. The van der Waals surface area contributed by atoms with E-state index in [0.717, 1.165) is 42.4 Å². The molecule has 1 fully saturated rings. The Bertz CT molecular complexity index is 974. The number of rotatable bonds is 7. The summed E-state index contributed by atoms with van der Waals surface area (Å²) in [5, 5.41) is 2.93. The van der Waals surface area contributed by atoms with Crippen molar-refractivity contribution in [3.63, 3.8) is 0 Å². The molecule has 0 saturated carbocycles. The maximum Gasteiger partial charge on any atom is 0.224 e. The Balaban J connectivity index is 1.25. The summed E-state index contributed by atoms with van der Waals surface area (Å²) in [7, 11) is 0. The number of benzene rings is 1. The predicted molar refractivity (Wildman–Crippen MR) is 117 cm³/mol. The Morgan fingerprint density at radius 1 is 1.07 bits per heavy atom. The van der Waals surface area contributed by atoms with Gasteiger partial charge in [0.05, 0.1) is 18.7 Å². The van der Waals surface area contributed by atoms with Gasteiger partial charge in [-0.05, 0) is 55.0 Å². The van der Waals surface area contributed by atoms with Crippen LogP contribution in [0.1, 0.15) is 29.1 Å². The van der Waals surface area contributed by atoms with Crippen LogP contribution in [0.5, 0.6) is 0 Å². The van der Waals surface area contributed by atoms with Crippen molar-refractivity contribution in [3.05, 3.63) is 83.6 Å². The number of aryl methyl sites for hydroxylation is 1. The zero-order valence-corrected chi connectivity index (χ0v) is 17.3. The van der Waals surface area contributed by atoms with Gasteiger partial charge in [0.15, 0.2) is 0 Å². The molecule has 1 aromatic carbocycles. The number of pyridine rings is 1. The van der Waals surface area contributed by atoms with Crippen molar-refractivity contribution in [2.75, 3.05) is 18.0 Å². The first-order chi connectivity index (χ1) is 14.7. The van der Waals surface area contributed by atoms with E-state index in [1.54, 1.807) is 6.20 Å².